The number of thiazole rings is 1. The smallest absolute Gasteiger partial charge is 0.131 e. The monoisotopic (exact) mass is 297 g/mol. The molecule has 0 bridgehead atoms. The molecule has 4 heteroatoms. The summed E-state index contributed by atoms with van der Waals surface area (Å²) in [4.78, 5) is 4.18. The van der Waals surface area contributed by atoms with E-state index < -0.39 is 0 Å². The molecular weight excluding hydrogens is 286 g/mol. The number of rotatable bonds is 3. The molecule has 1 heterocycles. The maximum Gasteiger partial charge on any atom is 0.131 e. The van der Waals surface area contributed by atoms with Crippen molar-refractivity contribution >= 4 is 27.3 Å². The fourth-order valence-corrected chi connectivity index (χ4v) is 2.23. The highest BCUT2D eigenvalue weighted by Gasteiger charge is 2.03. The van der Waals surface area contributed by atoms with Crippen LogP contribution in [0, 0.1) is 13.8 Å². The summed E-state index contributed by atoms with van der Waals surface area (Å²) in [6.45, 7) is 4.66. The van der Waals surface area contributed by atoms with E-state index in [1.54, 1.807) is 11.3 Å². The number of halogens is 1. The Morgan fingerprint density at radius 3 is 2.56 bits per heavy atom. The third kappa shape index (κ3) is 2.62. The molecule has 0 atom stereocenters. The van der Waals surface area contributed by atoms with Gasteiger partial charge in [0.25, 0.3) is 0 Å². The van der Waals surface area contributed by atoms with Crippen molar-refractivity contribution in [1.29, 1.82) is 0 Å². The highest BCUT2D eigenvalue weighted by Crippen LogP contribution is 2.26. The maximum atomic E-state index is 5.69. The molecule has 84 valence electrons. The summed E-state index contributed by atoms with van der Waals surface area (Å²) in [6.07, 6.45) is 0. The Morgan fingerprint density at radius 2 is 2.00 bits per heavy atom. The number of nitrogens with zero attached hydrogens (tertiary/aromatic N) is 1. The number of aryl methyl sites for hydroxylation is 2. The van der Waals surface area contributed by atoms with Crippen molar-refractivity contribution in [1.82, 2.24) is 4.98 Å². The molecule has 0 aliphatic heterocycles. The summed E-state index contributed by atoms with van der Waals surface area (Å²) in [5, 5.41) is 2.00. The van der Waals surface area contributed by atoms with Crippen molar-refractivity contribution < 1.29 is 4.74 Å². The lowest BCUT2D eigenvalue weighted by Crippen LogP contribution is -1.96. The van der Waals surface area contributed by atoms with Crippen LogP contribution in [0.3, 0.4) is 0 Å². The van der Waals surface area contributed by atoms with Crippen LogP contribution in [0.2, 0.25) is 0 Å². The molecule has 0 aliphatic carbocycles. The molecule has 0 unspecified atom stereocenters. The van der Waals surface area contributed by atoms with Gasteiger partial charge in [0.05, 0.1) is 11.2 Å². The number of ether oxygens (including phenoxy) is 1. The van der Waals surface area contributed by atoms with Crippen molar-refractivity contribution in [3.8, 4) is 5.75 Å². The third-order valence-corrected chi connectivity index (χ3v) is 4.17. The number of hydrogen-bond acceptors (Lipinski definition) is 3. The van der Waals surface area contributed by atoms with Crippen LogP contribution in [0.1, 0.15) is 16.8 Å². The first-order chi connectivity index (χ1) is 7.66. The van der Waals surface area contributed by atoms with Crippen LogP contribution in [0.5, 0.6) is 5.75 Å². The van der Waals surface area contributed by atoms with Gasteiger partial charge in [-0.1, -0.05) is 15.9 Å². The van der Waals surface area contributed by atoms with Gasteiger partial charge in [0, 0.05) is 9.85 Å². The van der Waals surface area contributed by atoms with E-state index >= 15 is 0 Å². The molecule has 0 saturated carbocycles. The van der Waals surface area contributed by atoms with Gasteiger partial charge in [0.1, 0.15) is 12.4 Å². The fourth-order valence-electron chi connectivity index (χ4n) is 1.46. The second-order valence-electron chi connectivity index (χ2n) is 3.64. The first kappa shape index (κ1) is 11.6. The average molecular weight is 298 g/mol. The minimum absolute atomic E-state index is 0.532. The van der Waals surface area contributed by atoms with Gasteiger partial charge in [-0.05, 0) is 37.1 Å². The highest BCUT2D eigenvalue weighted by atomic mass is 79.9. The van der Waals surface area contributed by atoms with Gasteiger partial charge in [0.2, 0.25) is 0 Å². The first-order valence-electron chi connectivity index (χ1n) is 4.93. The van der Waals surface area contributed by atoms with Gasteiger partial charge in [-0.2, -0.15) is 0 Å². The molecule has 2 nitrogen and oxygen atoms in total. The van der Waals surface area contributed by atoms with Gasteiger partial charge in [-0.25, -0.2) is 4.98 Å². The molecule has 2 rings (SSSR count). The van der Waals surface area contributed by atoms with Gasteiger partial charge < -0.3 is 4.74 Å². The maximum absolute atomic E-state index is 5.69. The van der Waals surface area contributed by atoms with Gasteiger partial charge in [0.15, 0.2) is 0 Å². The Balaban J connectivity index is 2.10. The second-order valence-corrected chi connectivity index (χ2v) is 5.15. The topological polar surface area (TPSA) is 22.1 Å². The minimum atomic E-state index is 0.532. The molecule has 0 amide bonds. The first-order valence-corrected chi connectivity index (χ1v) is 6.67. The fraction of sp³-hybridized carbons (Fsp3) is 0.250. The van der Waals surface area contributed by atoms with Crippen molar-refractivity contribution in [2.24, 2.45) is 0 Å². The molecule has 0 N–H and O–H groups in total. The molecule has 1 aromatic carbocycles. The quantitative estimate of drug-likeness (QED) is 0.851. The summed E-state index contributed by atoms with van der Waals surface area (Å²) >= 11 is 5.12. The zero-order valence-corrected chi connectivity index (χ0v) is 11.6. The normalized spacial score (nSPS) is 10.4. The van der Waals surface area contributed by atoms with E-state index in [-0.39, 0.29) is 0 Å². The Morgan fingerprint density at radius 1 is 1.31 bits per heavy atom. The number of aromatic nitrogens is 1. The summed E-state index contributed by atoms with van der Waals surface area (Å²) < 4.78 is 6.84. The Bertz CT molecular complexity index is 459. The third-order valence-electron chi connectivity index (χ3n) is 2.28. The van der Waals surface area contributed by atoms with Gasteiger partial charge in [-0.3, -0.25) is 0 Å². The van der Waals surface area contributed by atoms with Crippen LogP contribution < -0.4 is 4.74 Å². The molecule has 0 aliphatic rings. The van der Waals surface area contributed by atoms with Crippen molar-refractivity contribution in [2.45, 2.75) is 20.5 Å². The summed E-state index contributed by atoms with van der Waals surface area (Å²) in [5.74, 6) is 0.895. The van der Waals surface area contributed by atoms with Gasteiger partial charge >= 0.3 is 0 Å². The SMILES string of the molecule is Cc1cc(OCc2cscn2)cc(C)c1Br. The van der Waals surface area contributed by atoms with Crippen molar-refractivity contribution in [3.63, 3.8) is 0 Å². The van der Waals surface area contributed by atoms with E-state index in [1.807, 2.05) is 23.0 Å². The molecule has 0 saturated heterocycles. The van der Waals surface area contributed by atoms with Crippen LogP contribution >= 0.6 is 27.3 Å². The summed E-state index contributed by atoms with van der Waals surface area (Å²) in [6, 6.07) is 4.06. The standard InChI is InChI=1S/C12H12BrNOS/c1-8-3-11(4-9(2)12(8)13)15-5-10-6-16-7-14-10/h3-4,6-7H,5H2,1-2H3. The number of hydrogen-bond donors (Lipinski definition) is 0. The molecule has 0 spiro atoms. The van der Waals surface area contributed by atoms with Crippen LogP contribution in [-0.4, -0.2) is 4.98 Å². The molecule has 16 heavy (non-hydrogen) atoms. The molecule has 0 fully saturated rings. The van der Waals surface area contributed by atoms with Crippen LogP contribution in [0.25, 0.3) is 0 Å². The lowest BCUT2D eigenvalue weighted by atomic mass is 10.1. The Hall–Kier alpha value is -0.870. The van der Waals surface area contributed by atoms with E-state index in [9.17, 15) is 0 Å². The second kappa shape index (κ2) is 4.97. The zero-order valence-electron chi connectivity index (χ0n) is 9.16. The number of benzene rings is 1. The van der Waals surface area contributed by atoms with Crippen LogP contribution in [-0.2, 0) is 6.61 Å². The predicted octanol–water partition coefficient (Wildman–Crippen LogP) is 4.10. The highest BCUT2D eigenvalue weighted by molar-refractivity contribution is 9.10. The van der Waals surface area contributed by atoms with Gasteiger partial charge in [-0.15, -0.1) is 11.3 Å². The van der Waals surface area contributed by atoms with Crippen molar-refractivity contribution in [2.75, 3.05) is 0 Å². The van der Waals surface area contributed by atoms with Crippen molar-refractivity contribution in [3.05, 3.63) is 44.3 Å². The van der Waals surface area contributed by atoms with E-state index in [0.29, 0.717) is 6.61 Å². The lowest BCUT2D eigenvalue weighted by Gasteiger charge is -2.09. The van der Waals surface area contributed by atoms with E-state index in [1.165, 1.54) is 11.1 Å². The summed E-state index contributed by atoms with van der Waals surface area (Å²) in [5.41, 5.74) is 5.17. The van der Waals surface area contributed by atoms with E-state index in [4.69, 9.17) is 4.74 Å². The van der Waals surface area contributed by atoms with E-state index in [2.05, 4.69) is 34.8 Å². The Labute approximate surface area is 107 Å². The van der Waals surface area contributed by atoms with Crippen LogP contribution in [0.15, 0.2) is 27.5 Å². The van der Waals surface area contributed by atoms with Crippen LogP contribution in [0.4, 0.5) is 0 Å². The van der Waals surface area contributed by atoms with E-state index in [0.717, 1.165) is 15.9 Å². The molecular formula is C12H12BrNOS. The zero-order chi connectivity index (χ0) is 11.5. The summed E-state index contributed by atoms with van der Waals surface area (Å²) in [7, 11) is 0. The largest absolute Gasteiger partial charge is 0.487 e. The molecule has 1 aromatic heterocycles. The minimum Gasteiger partial charge on any atom is -0.487 e. The molecule has 2 aromatic rings. The lowest BCUT2D eigenvalue weighted by molar-refractivity contribution is 0.301. The molecule has 0 radical (unpaired) electrons. The Kier molecular flexibility index (Phi) is 3.61. The predicted molar refractivity (Wildman–Crippen MR) is 70.1 cm³/mol. The average Bonchev–Trinajstić information content (AvgIpc) is 2.75.